The number of nitro groups is 1. The zero-order valence-electron chi connectivity index (χ0n) is 11.0. The second-order valence-corrected chi connectivity index (χ2v) is 3.96. The number of hydrogen-bond acceptors (Lipinski definition) is 8. The summed E-state index contributed by atoms with van der Waals surface area (Å²) in [6.45, 7) is -1.73. The molecule has 0 atom stereocenters. The van der Waals surface area contributed by atoms with E-state index in [9.17, 15) is 35.0 Å². The molecule has 1 radical (unpaired) electrons. The number of nitrogens with zero attached hydrogens (tertiary/aromatic N) is 2. The van der Waals surface area contributed by atoms with Crippen LogP contribution in [0.1, 0.15) is 5.56 Å². The van der Waals surface area contributed by atoms with Gasteiger partial charge >= 0.3 is 17.1 Å². The van der Waals surface area contributed by atoms with Crippen molar-refractivity contribution in [2.45, 2.75) is 6.54 Å². The van der Waals surface area contributed by atoms with Gasteiger partial charge in [-0.15, -0.1) is 0 Å². The van der Waals surface area contributed by atoms with Crippen LogP contribution in [0.2, 0.25) is 0 Å². The Kier molecular flexibility index (Phi) is 9.72. The molecule has 0 saturated carbocycles. The Labute approximate surface area is 134 Å². The summed E-state index contributed by atoms with van der Waals surface area (Å²) < 4.78 is 0. The number of non-ortho nitro benzene ring substituents is 1. The van der Waals surface area contributed by atoms with E-state index >= 15 is 0 Å². The van der Waals surface area contributed by atoms with Crippen molar-refractivity contribution >= 4 is 17.6 Å². The predicted molar refractivity (Wildman–Crippen MR) is 64.9 cm³/mol. The van der Waals surface area contributed by atoms with E-state index in [1.165, 1.54) is 0 Å². The number of carbonyl (C=O) groups is 2. The zero-order chi connectivity index (χ0) is 15.3. The van der Waals surface area contributed by atoms with Crippen LogP contribution in [0.4, 0.5) is 5.69 Å². The van der Waals surface area contributed by atoms with Crippen molar-refractivity contribution in [3.8, 4) is 5.75 Å². The maximum absolute atomic E-state index is 10.6. The van der Waals surface area contributed by atoms with Crippen LogP contribution in [0.15, 0.2) is 18.2 Å². The first kappa shape index (κ1) is 22.1. The Bertz CT molecular complexity index is 535. The van der Waals surface area contributed by atoms with Crippen molar-refractivity contribution < 1.29 is 52.4 Å². The Morgan fingerprint density at radius 3 is 2.09 bits per heavy atom. The number of aliphatic carboxylic acids is 2. The van der Waals surface area contributed by atoms with Crippen LogP contribution < -0.4 is 10.2 Å². The number of phenolic OH excluding ortho intramolecular Hbond substituents is 1. The number of carboxylic acid groups (broad SMARTS) is 2. The average molecular weight is 365 g/mol. The molecule has 0 fully saturated rings. The number of nitro benzene ring substituents is 1. The Morgan fingerprint density at radius 1 is 1.18 bits per heavy atom. The van der Waals surface area contributed by atoms with Crippen LogP contribution in [0.25, 0.3) is 0 Å². The van der Waals surface area contributed by atoms with Crippen LogP contribution in [0.3, 0.4) is 0 Å². The number of aromatic hydroxyl groups is 1. The van der Waals surface area contributed by atoms with Crippen molar-refractivity contribution in [1.29, 1.82) is 0 Å². The molecule has 0 aliphatic rings. The van der Waals surface area contributed by atoms with E-state index in [4.69, 9.17) is 0 Å². The third-order valence-corrected chi connectivity index (χ3v) is 2.37. The first-order chi connectivity index (χ1) is 9.29. The molecule has 10 nitrogen and oxygen atoms in total. The second kappa shape index (κ2) is 9.68. The first-order valence-electron chi connectivity index (χ1n) is 5.38. The Hall–Kier alpha value is -2.20. The number of rotatable bonds is 7. The van der Waals surface area contributed by atoms with E-state index in [1.807, 2.05) is 0 Å². The van der Waals surface area contributed by atoms with E-state index in [2.05, 4.69) is 0 Å². The topological polar surface area (TPSA) is 180 Å². The Balaban J connectivity index is 0. The summed E-state index contributed by atoms with van der Waals surface area (Å²) >= 11 is 0. The van der Waals surface area contributed by atoms with Gasteiger partial charge < -0.3 is 30.4 Å². The van der Waals surface area contributed by atoms with Gasteiger partial charge in [0.25, 0.3) is 5.69 Å². The van der Waals surface area contributed by atoms with Gasteiger partial charge in [-0.25, -0.2) is 0 Å². The van der Waals surface area contributed by atoms with Crippen molar-refractivity contribution in [3.05, 3.63) is 33.9 Å². The molecule has 1 aromatic rings. The van der Waals surface area contributed by atoms with Gasteiger partial charge in [0.2, 0.25) is 0 Å². The molecule has 0 spiro atoms. The van der Waals surface area contributed by atoms with Gasteiger partial charge in [-0.05, 0) is 6.07 Å². The molecule has 1 aromatic carbocycles. The fraction of sp³-hybridized carbons (Fsp3) is 0.273. The molecule has 4 N–H and O–H groups in total. The largest absolute Gasteiger partial charge is 2.00 e. The van der Waals surface area contributed by atoms with Gasteiger partial charge in [-0.1, -0.05) is 0 Å². The third-order valence-electron chi connectivity index (χ3n) is 2.37. The summed E-state index contributed by atoms with van der Waals surface area (Å²) in [6.07, 6.45) is 0. The molecule has 0 aliphatic carbocycles. The summed E-state index contributed by atoms with van der Waals surface area (Å²) in [6, 6.07) is 3.18. The fourth-order valence-electron chi connectivity index (χ4n) is 1.59. The van der Waals surface area contributed by atoms with Gasteiger partial charge in [-0.2, -0.15) is 0 Å². The molecule has 0 aliphatic heterocycles. The Morgan fingerprint density at radius 2 is 1.68 bits per heavy atom. The molecule has 0 saturated heterocycles. The fourth-order valence-corrected chi connectivity index (χ4v) is 1.59. The van der Waals surface area contributed by atoms with Gasteiger partial charge in [0.05, 0.1) is 16.9 Å². The predicted octanol–water partition coefficient (Wildman–Crippen LogP) is -3.32. The maximum Gasteiger partial charge on any atom is 2.00 e. The molecule has 11 heteroatoms. The van der Waals surface area contributed by atoms with Gasteiger partial charge in [-0.3, -0.25) is 15.0 Å². The number of carbonyl (C=O) groups excluding carboxylic acids is 2. The molecule has 22 heavy (non-hydrogen) atoms. The molecule has 0 heterocycles. The number of hydrogen-bond donors (Lipinski definition) is 1. The quantitative estimate of drug-likeness (QED) is 0.225. The summed E-state index contributed by atoms with van der Waals surface area (Å²) in [5.41, 5.74) is -0.277. The monoisotopic (exact) mass is 364 g/mol. The van der Waals surface area contributed by atoms with E-state index in [0.717, 1.165) is 23.1 Å². The molecule has 0 bridgehead atoms. The van der Waals surface area contributed by atoms with Crippen molar-refractivity contribution in [2.24, 2.45) is 0 Å². The number of carboxylic acids is 2. The number of benzene rings is 1. The second-order valence-electron chi connectivity index (χ2n) is 3.96. The number of phenols is 1. The van der Waals surface area contributed by atoms with E-state index in [0.29, 0.717) is 0 Å². The normalized spacial score (nSPS) is 9.50. The summed E-state index contributed by atoms with van der Waals surface area (Å²) in [5, 5.41) is 41.2. The molecule has 0 amide bonds. The van der Waals surface area contributed by atoms with E-state index in [-0.39, 0.29) is 46.1 Å². The van der Waals surface area contributed by atoms with E-state index < -0.39 is 30.0 Å². The molecule has 0 unspecified atom stereocenters. The van der Waals surface area contributed by atoms with Crippen LogP contribution in [-0.4, -0.2) is 40.0 Å². The maximum atomic E-state index is 10.6. The van der Waals surface area contributed by atoms with Gasteiger partial charge in [0.1, 0.15) is 5.75 Å². The summed E-state index contributed by atoms with van der Waals surface area (Å²) in [5.74, 6) is -3.34. The third kappa shape index (κ3) is 6.99. The van der Waals surface area contributed by atoms with Crippen molar-refractivity contribution in [3.63, 3.8) is 0 Å². The van der Waals surface area contributed by atoms with Crippen LogP contribution in [0, 0.1) is 10.1 Å². The molecular weight excluding hydrogens is 352 g/mol. The van der Waals surface area contributed by atoms with Crippen LogP contribution in [-0.2, 0) is 38.7 Å². The molecular formula is C11H13CuN2O8+. The average Bonchev–Trinajstić information content (AvgIpc) is 2.29. The minimum atomic E-state index is -1.52. The SMILES string of the molecule is O=C([O-])CN(CC(=O)[O-])Cc1cc([N+](=O)[O-])ccc1O.[Cu+2].[OH3+]. The minimum absolute atomic E-state index is 0. The minimum Gasteiger partial charge on any atom is -0.549 e. The summed E-state index contributed by atoms with van der Waals surface area (Å²) in [7, 11) is 0. The van der Waals surface area contributed by atoms with Crippen molar-refractivity contribution in [1.82, 2.24) is 4.90 Å². The van der Waals surface area contributed by atoms with Crippen LogP contribution in [0.5, 0.6) is 5.75 Å². The smallest absolute Gasteiger partial charge is 0.549 e. The van der Waals surface area contributed by atoms with Gasteiger partial charge in [0, 0.05) is 37.3 Å². The van der Waals surface area contributed by atoms with Crippen LogP contribution >= 0.6 is 0 Å². The van der Waals surface area contributed by atoms with E-state index in [1.54, 1.807) is 0 Å². The van der Waals surface area contributed by atoms with Gasteiger partial charge in [0.15, 0.2) is 0 Å². The van der Waals surface area contributed by atoms with Crippen molar-refractivity contribution in [2.75, 3.05) is 13.1 Å². The molecule has 125 valence electrons. The zero-order valence-corrected chi connectivity index (χ0v) is 12.0. The standard InChI is InChI=1S/C11H12N2O7.Cu.H2O/c14-9-2-1-8(13(19)20)3-7(9)4-12(5-10(15)16)6-11(17)18;;/h1-3,14H,4-6H2,(H,15,16)(H,17,18);;1H2/q;+2;/p-1. The molecule has 1 rings (SSSR count). The summed E-state index contributed by atoms with van der Waals surface area (Å²) in [4.78, 5) is 31.8. The molecule has 0 aromatic heterocycles. The first-order valence-corrected chi connectivity index (χ1v) is 5.38.